The zero-order chi connectivity index (χ0) is 38.6. The van der Waals surface area contributed by atoms with Crippen LogP contribution in [0.15, 0.2) is 97.1 Å². The lowest BCUT2D eigenvalue weighted by atomic mass is 10.1. The van der Waals surface area contributed by atoms with Gasteiger partial charge in [-0.1, -0.05) is 6.07 Å². The number of fused-ring (bicyclic) bond motifs is 2. The highest BCUT2D eigenvalue weighted by molar-refractivity contribution is 6.35. The predicted molar refractivity (Wildman–Crippen MR) is 182 cm³/mol. The van der Waals surface area contributed by atoms with E-state index >= 15 is 0 Å². The molecule has 0 aromatic heterocycles. The summed E-state index contributed by atoms with van der Waals surface area (Å²) in [6.45, 7) is 0. The Morgan fingerprint density at radius 2 is 0.704 bits per heavy atom. The molecule has 54 heavy (non-hydrogen) atoms. The van der Waals surface area contributed by atoms with Crippen molar-refractivity contribution < 1.29 is 68.3 Å². The van der Waals surface area contributed by atoms with Crippen LogP contribution in [0.3, 0.4) is 0 Å². The Morgan fingerprint density at radius 3 is 1.04 bits per heavy atom. The third kappa shape index (κ3) is 6.00. The molecule has 0 aliphatic carbocycles. The highest BCUT2D eigenvalue weighted by atomic mass is 16.5. The molecule has 4 amide bonds. The molecule has 16 heteroatoms. The summed E-state index contributed by atoms with van der Waals surface area (Å²) in [7, 11) is 0. The number of carboxylic acids is 4. The summed E-state index contributed by atoms with van der Waals surface area (Å²) in [5.74, 6) is -8.42. The molecule has 16 nitrogen and oxygen atoms in total. The Balaban J connectivity index is 1.10. The van der Waals surface area contributed by atoms with Crippen LogP contribution in [0.2, 0.25) is 0 Å². The van der Waals surface area contributed by atoms with Crippen LogP contribution in [0, 0.1) is 0 Å². The molecule has 0 atom stereocenters. The average molecular weight is 729 g/mol. The Morgan fingerprint density at radius 1 is 0.389 bits per heavy atom. The van der Waals surface area contributed by atoms with E-state index in [-0.39, 0.29) is 56.6 Å². The third-order valence-electron chi connectivity index (χ3n) is 8.33. The molecule has 4 N–H and O–H groups in total. The summed E-state index contributed by atoms with van der Waals surface area (Å²) in [6, 6.07) is 20.1. The number of rotatable bonds is 10. The molecule has 0 fully saturated rings. The van der Waals surface area contributed by atoms with Crippen LogP contribution in [-0.2, 0) is 0 Å². The summed E-state index contributed by atoms with van der Waals surface area (Å²) in [5.41, 5.74) is -2.44. The summed E-state index contributed by atoms with van der Waals surface area (Å²) in [5, 5.41) is 37.7. The zero-order valence-corrected chi connectivity index (χ0v) is 27.0. The van der Waals surface area contributed by atoms with Gasteiger partial charge in [-0.2, -0.15) is 0 Å². The monoisotopic (exact) mass is 728 g/mol. The summed E-state index contributed by atoms with van der Waals surface area (Å²) < 4.78 is 11.8. The number of anilines is 2. The van der Waals surface area contributed by atoms with Crippen molar-refractivity contribution in [2.75, 3.05) is 9.80 Å². The fourth-order valence-corrected chi connectivity index (χ4v) is 5.88. The average Bonchev–Trinajstić information content (AvgIpc) is 3.54. The normalized spacial score (nSPS) is 13.1. The lowest BCUT2D eigenvalue weighted by Crippen LogP contribution is -2.29. The van der Waals surface area contributed by atoms with E-state index in [4.69, 9.17) is 9.47 Å². The second kappa shape index (κ2) is 12.9. The number of ether oxygens (including phenoxy) is 2. The van der Waals surface area contributed by atoms with Crippen LogP contribution in [0.5, 0.6) is 23.0 Å². The van der Waals surface area contributed by atoms with Crippen molar-refractivity contribution in [3.63, 3.8) is 0 Å². The second-order valence-electron chi connectivity index (χ2n) is 11.7. The first-order valence-corrected chi connectivity index (χ1v) is 15.4. The molecule has 0 bridgehead atoms. The first kappa shape index (κ1) is 34.3. The molecule has 0 radical (unpaired) electrons. The van der Waals surface area contributed by atoms with Crippen molar-refractivity contribution in [1.29, 1.82) is 0 Å². The summed E-state index contributed by atoms with van der Waals surface area (Å²) in [4.78, 5) is 101. The smallest absolute Gasteiger partial charge is 0.335 e. The molecular formula is C38H20N2O14. The number of imide groups is 2. The number of hydrogen-bond donors (Lipinski definition) is 4. The minimum absolute atomic E-state index is 0.0258. The first-order chi connectivity index (χ1) is 25.7. The minimum Gasteiger partial charge on any atom is -0.478 e. The number of benzene rings is 5. The van der Waals surface area contributed by atoms with Gasteiger partial charge in [0.1, 0.15) is 23.0 Å². The molecule has 5 aromatic rings. The summed E-state index contributed by atoms with van der Waals surface area (Å²) in [6.07, 6.45) is 0. The Labute approximate surface area is 301 Å². The van der Waals surface area contributed by atoms with E-state index in [9.17, 15) is 58.8 Å². The van der Waals surface area contributed by atoms with E-state index < -0.39 is 69.8 Å². The molecular weight excluding hydrogens is 708 g/mol. The van der Waals surface area contributed by atoms with Crippen LogP contribution >= 0.6 is 0 Å². The third-order valence-corrected chi connectivity index (χ3v) is 8.33. The van der Waals surface area contributed by atoms with Crippen molar-refractivity contribution in [3.05, 3.63) is 142 Å². The van der Waals surface area contributed by atoms with Gasteiger partial charge in [0.25, 0.3) is 23.6 Å². The highest BCUT2D eigenvalue weighted by Gasteiger charge is 2.39. The fourth-order valence-electron chi connectivity index (χ4n) is 5.88. The molecule has 0 spiro atoms. The first-order valence-electron chi connectivity index (χ1n) is 15.4. The van der Waals surface area contributed by atoms with E-state index in [2.05, 4.69) is 0 Å². The number of amides is 4. The van der Waals surface area contributed by atoms with Gasteiger partial charge in [-0.3, -0.25) is 19.2 Å². The Kier molecular flexibility index (Phi) is 8.18. The standard InChI is InChI=1S/C38H20N2O14/c41-31-27-6-4-25(15-29(27)33(43)39(31)21-10-17(35(45)46)8-18(11-21)36(47)48)53-23-2-1-3-24(14-23)54-26-5-7-28-30(16-26)34(44)40(32(28)42)22-12-19(37(49)50)9-20(13-22)38(51)52/h1-16H,(H,45,46)(H,47,48)(H,49,50)(H,51,52). The molecule has 266 valence electrons. The fraction of sp³-hybridized carbons (Fsp3) is 0. The lowest BCUT2D eigenvalue weighted by molar-refractivity contribution is 0.0676. The maximum absolute atomic E-state index is 13.4. The largest absolute Gasteiger partial charge is 0.478 e. The van der Waals surface area contributed by atoms with Crippen LogP contribution in [-0.4, -0.2) is 67.9 Å². The molecule has 0 unspecified atom stereocenters. The Bertz CT molecular complexity index is 2340. The van der Waals surface area contributed by atoms with Crippen molar-refractivity contribution in [2.24, 2.45) is 0 Å². The number of carboxylic acid groups (broad SMARTS) is 4. The molecule has 2 heterocycles. The molecule has 2 aliphatic heterocycles. The van der Waals surface area contributed by atoms with E-state index in [1.807, 2.05) is 0 Å². The van der Waals surface area contributed by atoms with Gasteiger partial charge in [0.05, 0.1) is 55.9 Å². The van der Waals surface area contributed by atoms with Gasteiger partial charge >= 0.3 is 23.9 Å². The van der Waals surface area contributed by atoms with Crippen molar-refractivity contribution in [2.45, 2.75) is 0 Å². The quantitative estimate of drug-likeness (QED) is 0.127. The lowest BCUT2D eigenvalue weighted by Gasteiger charge is -2.15. The van der Waals surface area contributed by atoms with Gasteiger partial charge in [0.15, 0.2) is 0 Å². The van der Waals surface area contributed by atoms with Gasteiger partial charge in [0, 0.05) is 6.07 Å². The number of carbonyl (C=O) groups is 8. The van der Waals surface area contributed by atoms with E-state index in [0.717, 1.165) is 36.4 Å². The predicted octanol–water partition coefficient (Wildman–Crippen LogP) is 5.67. The number of aromatic carboxylic acids is 4. The maximum atomic E-state index is 13.4. The van der Waals surface area contributed by atoms with Gasteiger partial charge in [-0.05, 0) is 84.9 Å². The van der Waals surface area contributed by atoms with Crippen LogP contribution in [0.25, 0.3) is 0 Å². The second-order valence-corrected chi connectivity index (χ2v) is 11.7. The SMILES string of the molecule is O=C(O)c1cc(C(=O)O)cc(N2C(=O)c3ccc(Oc4cccc(Oc5ccc6c(c5)C(=O)N(c5cc(C(=O)O)cc(C(=O)O)c5)C6=O)c4)cc3C2=O)c1. The molecule has 0 saturated heterocycles. The number of nitrogens with zero attached hydrogens (tertiary/aromatic N) is 2. The topological polar surface area (TPSA) is 242 Å². The molecule has 5 aromatic carbocycles. The van der Waals surface area contributed by atoms with Crippen LogP contribution < -0.4 is 19.3 Å². The molecule has 7 rings (SSSR count). The van der Waals surface area contributed by atoms with Crippen molar-refractivity contribution in [3.8, 4) is 23.0 Å². The highest BCUT2D eigenvalue weighted by Crippen LogP contribution is 2.36. The van der Waals surface area contributed by atoms with Crippen molar-refractivity contribution in [1.82, 2.24) is 0 Å². The van der Waals surface area contributed by atoms with E-state index in [0.29, 0.717) is 9.80 Å². The van der Waals surface area contributed by atoms with Crippen LogP contribution in [0.1, 0.15) is 82.9 Å². The molecule has 2 aliphatic rings. The van der Waals surface area contributed by atoms with Gasteiger partial charge < -0.3 is 29.9 Å². The number of hydrogen-bond acceptors (Lipinski definition) is 10. The van der Waals surface area contributed by atoms with E-state index in [1.54, 1.807) is 18.2 Å². The number of carbonyl (C=O) groups excluding carboxylic acids is 4. The summed E-state index contributed by atoms with van der Waals surface area (Å²) >= 11 is 0. The zero-order valence-electron chi connectivity index (χ0n) is 27.0. The van der Waals surface area contributed by atoms with Gasteiger partial charge in [0.2, 0.25) is 0 Å². The van der Waals surface area contributed by atoms with Crippen molar-refractivity contribution >= 4 is 58.9 Å². The van der Waals surface area contributed by atoms with Gasteiger partial charge in [-0.15, -0.1) is 0 Å². The maximum Gasteiger partial charge on any atom is 0.335 e. The van der Waals surface area contributed by atoms with Gasteiger partial charge in [-0.25, -0.2) is 29.0 Å². The minimum atomic E-state index is -1.46. The van der Waals surface area contributed by atoms with Crippen LogP contribution in [0.4, 0.5) is 11.4 Å². The Hall–Kier alpha value is -8.14. The molecule has 0 saturated carbocycles. The van der Waals surface area contributed by atoms with E-state index in [1.165, 1.54) is 42.5 Å².